The highest BCUT2D eigenvalue weighted by Crippen LogP contribution is 2.25. The maximum absolute atomic E-state index is 11.0. The minimum absolute atomic E-state index is 0.0962. The second-order valence-corrected chi connectivity index (χ2v) is 5.67. The second kappa shape index (κ2) is 6.24. The van der Waals surface area contributed by atoms with E-state index in [2.05, 4.69) is 21.2 Å². The number of hydrogen-bond acceptors (Lipinski definition) is 3. The van der Waals surface area contributed by atoms with Crippen LogP contribution in [-0.2, 0) is 6.54 Å². The topological polar surface area (TPSA) is 55.2 Å². The Morgan fingerprint density at radius 2 is 2.05 bits per heavy atom. The molecule has 2 rings (SSSR count). The predicted molar refractivity (Wildman–Crippen MR) is 84.3 cm³/mol. The lowest BCUT2D eigenvalue weighted by Gasteiger charge is -2.09. The number of nitro groups is 1. The van der Waals surface area contributed by atoms with E-state index >= 15 is 0 Å². The van der Waals surface area contributed by atoms with E-state index in [1.54, 1.807) is 18.2 Å². The summed E-state index contributed by atoms with van der Waals surface area (Å²) in [6, 6.07) is 10.5. The lowest BCUT2D eigenvalue weighted by Crippen LogP contribution is -2.03. The normalized spacial score (nSPS) is 10.3. The molecular weight excluding hydrogens is 344 g/mol. The first-order valence-corrected chi connectivity index (χ1v) is 7.07. The Morgan fingerprint density at radius 1 is 1.30 bits per heavy atom. The minimum atomic E-state index is -0.383. The van der Waals surface area contributed by atoms with E-state index in [0.29, 0.717) is 17.1 Å². The van der Waals surface area contributed by atoms with Crippen molar-refractivity contribution in [2.45, 2.75) is 13.5 Å². The van der Waals surface area contributed by atoms with Crippen LogP contribution in [0.3, 0.4) is 0 Å². The fraction of sp³-hybridized carbons (Fsp3) is 0.143. The number of halogens is 2. The number of anilines is 1. The number of hydrogen-bond donors (Lipinski definition) is 1. The lowest BCUT2D eigenvalue weighted by atomic mass is 10.1. The smallest absolute Gasteiger partial charge is 0.274 e. The molecular formula is C14H12BrClN2O2. The molecule has 0 aliphatic rings. The number of aryl methyl sites for hydroxylation is 1. The Bertz CT molecular complexity index is 662. The summed E-state index contributed by atoms with van der Waals surface area (Å²) in [7, 11) is 0. The fourth-order valence-electron chi connectivity index (χ4n) is 1.77. The van der Waals surface area contributed by atoms with Gasteiger partial charge < -0.3 is 5.32 Å². The minimum Gasteiger partial charge on any atom is -0.381 e. The lowest BCUT2D eigenvalue weighted by molar-refractivity contribution is -0.385. The molecule has 2 aromatic carbocycles. The molecule has 0 radical (unpaired) electrons. The molecule has 0 amide bonds. The summed E-state index contributed by atoms with van der Waals surface area (Å²) in [5.41, 5.74) is 2.53. The summed E-state index contributed by atoms with van der Waals surface area (Å²) >= 11 is 9.37. The molecule has 0 heterocycles. The van der Waals surface area contributed by atoms with Crippen molar-refractivity contribution in [3.63, 3.8) is 0 Å². The van der Waals surface area contributed by atoms with E-state index in [1.807, 2.05) is 19.1 Å². The average Bonchev–Trinajstić information content (AvgIpc) is 2.40. The summed E-state index contributed by atoms with van der Waals surface area (Å²) < 4.78 is 0.807. The van der Waals surface area contributed by atoms with Crippen LogP contribution in [0.4, 0.5) is 11.4 Å². The summed E-state index contributed by atoms with van der Waals surface area (Å²) in [5, 5.41) is 14.8. The first kappa shape index (κ1) is 14.8. The van der Waals surface area contributed by atoms with Gasteiger partial charge in [0, 0.05) is 33.4 Å². The average molecular weight is 356 g/mol. The van der Waals surface area contributed by atoms with Crippen LogP contribution in [0.15, 0.2) is 40.9 Å². The quantitative estimate of drug-likeness (QED) is 0.625. The first-order valence-electron chi connectivity index (χ1n) is 5.90. The molecule has 0 unspecified atom stereocenters. The van der Waals surface area contributed by atoms with E-state index < -0.39 is 0 Å². The zero-order valence-electron chi connectivity index (χ0n) is 10.7. The third-order valence-corrected chi connectivity index (χ3v) is 3.79. The Morgan fingerprint density at radius 3 is 2.70 bits per heavy atom. The van der Waals surface area contributed by atoms with E-state index in [-0.39, 0.29) is 10.6 Å². The van der Waals surface area contributed by atoms with Gasteiger partial charge in [-0.3, -0.25) is 10.1 Å². The van der Waals surface area contributed by atoms with E-state index in [0.717, 1.165) is 15.7 Å². The summed E-state index contributed by atoms with van der Waals surface area (Å²) in [5.74, 6) is 0. The van der Waals surface area contributed by atoms with Gasteiger partial charge in [-0.15, -0.1) is 0 Å². The van der Waals surface area contributed by atoms with E-state index in [9.17, 15) is 10.1 Å². The molecule has 1 N–H and O–H groups in total. The summed E-state index contributed by atoms with van der Waals surface area (Å²) in [6.45, 7) is 2.28. The van der Waals surface area contributed by atoms with Crippen molar-refractivity contribution in [1.29, 1.82) is 0 Å². The number of nitrogens with zero attached hydrogens (tertiary/aromatic N) is 1. The number of nitro benzene ring substituents is 1. The number of benzene rings is 2. The molecule has 104 valence electrons. The van der Waals surface area contributed by atoms with Crippen molar-refractivity contribution in [3.05, 3.63) is 67.1 Å². The molecule has 20 heavy (non-hydrogen) atoms. The Labute approximate surface area is 130 Å². The predicted octanol–water partition coefficient (Wildman–Crippen LogP) is 4.93. The molecule has 0 aliphatic carbocycles. The van der Waals surface area contributed by atoms with Gasteiger partial charge in [0.15, 0.2) is 0 Å². The summed E-state index contributed by atoms with van der Waals surface area (Å²) in [4.78, 5) is 10.6. The first-order chi connectivity index (χ1) is 9.47. The van der Waals surface area contributed by atoms with Crippen LogP contribution in [-0.4, -0.2) is 4.92 Å². The Balaban J connectivity index is 2.20. The van der Waals surface area contributed by atoms with Crippen LogP contribution >= 0.6 is 27.5 Å². The van der Waals surface area contributed by atoms with Gasteiger partial charge >= 0.3 is 0 Å². The Hall–Kier alpha value is -1.59. The molecule has 4 nitrogen and oxygen atoms in total. The van der Waals surface area contributed by atoms with Crippen molar-refractivity contribution in [2.75, 3.05) is 5.32 Å². The molecule has 0 aliphatic heterocycles. The highest BCUT2D eigenvalue weighted by molar-refractivity contribution is 9.10. The van der Waals surface area contributed by atoms with Gasteiger partial charge in [0.25, 0.3) is 5.69 Å². The standard InChI is InChI=1S/C14H12BrClN2O2/c1-9-2-4-12(7-13(9)16)17-8-10-6-11(15)3-5-14(10)18(19)20/h2-7,17H,8H2,1H3. The van der Waals surface area contributed by atoms with Crippen molar-refractivity contribution in [2.24, 2.45) is 0 Å². The molecule has 2 aromatic rings. The molecule has 6 heteroatoms. The van der Waals surface area contributed by atoms with Crippen LogP contribution in [0.2, 0.25) is 5.02 Å². The van der Waals surface area contributed by atoms with Gasteiger partial charge in [0.2, 0.25) is 0 Å². The maximum Gasteiger partial charge on any atom is 0.274 e. The monoisotopic (exact) mass is 354 g/mol. The zero-order chi connectivity index (χ0) is 14.7. The van der Waals surface area contributed by atoms with Crippen LogP contribution in [0.5, 0.6) is 0 Å². The SMILES string of the molecule is Cc1ccc(NCc2cc(Br)ccc2[N+](=O)[O-])cc1Cl. The van der Waals surface area contributed by atoms with Gasteiger partial charge in [-0.25, -0.2) is 0 Å². The summed E-state index contributed by atoms with van der Waals surface area (Å²) in [6.07, 6.45) is 0. The number of rotatable bonds is 4. The van der Waals surface area contributed by atoms with Crippen LogP contribution in [0, 0.1) is 17.0 Å². The van der Waals surface area contributed by atoms with Crippen LogP contribution in [0.25, 0.3) is 0 Å². The zero-order valence-corrected chi connectivity index (χ0v) is 13.0. The molecule has 0 bridgehead atoms. The molecule has 0 fully saturated rings. The molecule has 0 saturated heterocycles. The molecule has 0 aromatic heterocycles. The second-order valence-electron chi connectivity index (χ2n) is 4.35. The van der Waals surface area contributed by atoms with Gasteiger partial charge in [0.05, 0.1) is 4.92 Å². The van der Waals surface area contributed by atoms with Crippen LogP contribution in [0.1, 0.15) is 11.1 Å². The Kier molecular flexibility index (Phi) is 4.62. The third-order valence-electron chi connectivity index (χ3n) is 2.89. The largest absolute Gasteiger partial charge is 0.381 e. The van der Waals surface area contributed by atoms with Gasteiger partial charge in [0.1, 0.15) is 0 Å². The van der Waals surface area contributed by atoms with Gasteiger partial charge in [-0.05, 0) is 36.8 Å². The highest BCUT2D eigenvalue weighted by Gasteiger charge is 2.13. The molecule has 0 atom stereocenters. The van der Waals surface area contributed by atoms with Gasteiger partial charge in [-0.2, -0.15) is 0 Å². The van der Waals surface area contributed by atoms with Crippen LogP contribution < -0.4 is 5.32 Å². The molecule has 0 spiro atoms. The van der Waals surface area contributed by atoms with Crippen molar-refractivity contribution in [3.8, 4) is 0 Å². The molecule has 0 saturated carbocycles. The van der Waals surface area contributed by atoms with Crippen molar-refractivity contribution < 1.29 is 4.92 Å². The fourth-order valence-corrected chi connectivity index (χ4v) is 2.36. The van der Waals surface area contributed by atoms with Gasteiger partial charge in [-0.1, -0.05) is 33.6 Å². The number of nitrogens with one attached hydrogen (secondary N) is 1. The van der Waals surface area contributed by atoms with Crippen molar-refractivity contribution in [1.82, 2.24) is 0 Å². The van der Waals surface area contributed by atoms with E-state index in [1.165, 1.54) is 6.07 Å². The van der Waals surface area contributed by atoms with E-state index in [4.69, 9.17) is 11.6 Å². The highest BCUT2D eigenvalue weighted by atomic mass is 79.9. The third kappa shape index (κ3) is 3.49. The maximum atomic E-state index is 11.0. The van der Waals surface area contributed by atoms with Crippen molar-refractivity contribution >= 4 is 38.9 Å².